The Balaban J connectivity index is 0.00000361. The van der Waals surface area contributed by atoms with E-state index < -0.39 is 0 Å². The molecular formula is C14H30ClN3O2. The lowest BCUT2D eigenvalue weighted by atomic mass is 10.0. The number of hydrogen-bond acceptors (Lipinski definition) is 4. The molecule has 1 fully saturated rings. The van der Waals surface area contributed by atoms with Crippen LogP contribution in [0.5, 0.6) is 0 Å². The molecule has 120 valence electrons. The first-order valence-electron chi connectivity index (χ1n) is 7.38. The number of nitrogens with two attached hydrogens (primary N) is 1. The van der Waals surface area contributed by atoms with Gasteiger partial charge in [0.1, 0.15) is 0 Å². The van der Waals surface area contributed by atoms with Crippen LogP contribution in [0, 0.1) is 5.92 Å². The monoisotopic (exact) mass is 307 g/mol. The molecule has 1 aliphatic rings. The molecule has 6 heteroatoms. The lowest BCUT2D eigenvalue weighted by Gasteiger charge is -2.39. The maximum atomic E-state index is 12.2. The predicted octanol–water partition coefficient (Wildman–Crippen LogP) is 0.697. The lowest BCUT2D eigenvalue weighted by molar-refractivity contribution is -0.135. The summed E-state index contributed by atoms with van der Waals surface area (Å²) >= 11 is 0. The topological polar surface area (TPSA) is 69.8 Å². The highest BCUT2D eigenvalue weighted by molar-refractivity contribution is 5.85. The maximum Gasteiger partial charge on any atom is 0.239 e. The number of aliphatic hydroxyl groups excluding tert-OH is 1. The summed E-state index contributed by atoms with van der Waals surface area (Å²) in [5.74, 6) is 0.518. The molecule has 0 radical (unpaired) electrons. The Hall–Kier alpha value is -0.360. The zero-order valence-corrected chi connectivity index (χ0v) is 13.7. The minimum absolute atomic E-state index is 0. The van der Waals surface area contributed by atoms with E-state index in [2.05, 4.69) is 25.7 Å². The normalized spacial score (nSPS) is 19.6. The van der Waals surface area contributed by atoms with Crippen molar-refractivity contribution >= 4 is 18.3 Å². The predicted molar refractivity (Wildman–Crippen MR) is 84.0 cm³/mol. The summed E-state index contributed by atoms with van der Waals surface area (Å²) in [5, 5.41) is 9.30. The third-order valence-electron chi connectivity index (χ3n) is 3.87. The van der Waals surface area contributed by atoms with Crippen molar-refractivity contribution in [3.8, 4) is 0 Å². The second-order valence-electron chi connectivity index (χ2n) is 5.84. The van der Waals surface area contributed by atoms with Gasteiger partial charge in [-0.05, 0) is 18.8 Å². The summed E-state index contributed by atoms with van der Waals surface area (Å²) < 4.78 is 0. The van der Waals surface area contributed by atoms with Gasteiger partial charge in [-0.1, -0.05) is 20.8 Å². The van der Waals surface area contributed by atoms with Gasteiger partial charge in [0.2, 0.25) is 5.91 Å². The van der Waals surface area contributed by atoms with E-state index in [-0.39, 0.29) is 37.0 Å². The van der Waals surface area contributed by atoms with E-state index in [1.807, 2.05) is 4.90 Å². The molecule has 3 N–H and O–H groups in total. The largest absolute Gasteiger partial charge is 0.395 e. The minimum atomic E-state index is -0.369. The van der Waals surface area contributed by atoms with Gasteiger partial charge in [-0.2, -0.15) is 0 Å². The molecule has 0 aromatic heterocycles. The van der Waals surface area contributed by atoms with Gasteiger partial charge in [0.15, 0.2) is 0 Å². The quantitative estimate of drug-likeness (QED) is 0.758. The fraction of sp³-hybridized carbons (Fsp3) is 0.929. The summed E-state index contributed by atoms with van der Waals surface area (Å²) in [6, 6.07) is -0.145. The average Bonchev–Trinajstić information content (AvgIpc) is 2.39. The number of rotatable bonds is 6. The molecule has 1 amide bonds. The highest BCUT2D eigenvalue weighted by Gasteiger charge is 2.27. The maximum absolute atomic E-state index is 12.2. The Morgan fingerprint density at radius 3 is 2.20 bits per heavy atom. The van der Waals surface area contributed by atoms with Crippen LogP contribution in [0.2, 0.25) is 0 Å². The van der Waals surface area contributed by atoms with Gasteiger partial charge in [0.05, 0.1) is 12.6 Å². The van der Waals surface area contributed by atoms with Crippen molar-refractivity contribution < 1.29 is 9.90 Å². The molecule has 0 aromatic rings. The molecule has 0 saturated carbocycles. The Labute approximate surface area is 128 Å². The molecular weight excluding hydrogens is 278 g/mol. The van der Waals surface area contributed by atoms with Crippen LogP contribution in [-0.4, -0.2) is 65.7 Å². The third-order valence-corrected chi connectivity index (χ3v) is 3.87. The van der Waals surface area contributed by atoms with Crippen LogP contribution in [-0.2, 0) is 4.79 Å². The van der Waals surface area contributed by atoms with Crippen molar-refractivity contribution in [1.82, 2.24) is 9.80 Å². The third kappa shape index (κ3) is 5.56. The Morgan fingerprint density at radius 2 is 1.80 bits per heavy atom. The van der Waals surface area contributed by atoms with E-state index in [4.69, 9.17) is 5.73 Å². The van der Waals surface area contributed by atoms with Gasteiger partial charge in [-0.25, -0.2) is 0 Å². The molecule has 5 nitrogen and oxygen atoms in total. The van der Waals surface area contributed by atoms with Gasteiger partial charge < -0.3 is 15.7 Å². The highest BCUT2D eigenvalue weighted by Crippen LogP contribution is 2.11. The molecule has 1 heterocycles. The van der Waals surface area contributed by atoms with E-state index in [1.54, 1.807) is 0 Å². The highest BCUT2D eigenvalue weighted by atomic mass is 35.5. The van der Waals surface area contributed by atoms with Crippen LogP contribution < -0.4 is 5.73 Å². The number of carbonyl (C=O) groups excluding carboxylic acids is 1. The summed E-state index contributed by atoms with van der Waals surface area (Å²) in [6.07, 6.45) is 1.69. The molecule has 0 aliphatic carbocycles. The number of nitrogens with zero attached hydrogens (tertiary/aromatic N) is 2. The van der Waals surface area contributed by atoms with Crippen LogP contribution in [0.4, 0.5) is 0 Å². The zero-order chi connectivity index (χ0) is 14.4. The Bertz CT molecular complexity index is 278. The Morgan fingerprint density at radius 1 is 1.25 bits per heavy atom. The summed E-state index contributed by atoms with van der Waals surface area (Å²) in [4.78, 5) is 16.3. The number of piperazine rings is 1. The summed E-state index contributed by atoms with van der Waals surface area (Å²) in [7, 11) is 0. The molecule has 0 spiro atoms. The Kier molecular flexibility index (Phi) is 9.38. The van der Waals surface area contributed by atoms with Crippen molar-refractivity contribution in [1.29, 1.82) is 0 Å². The van der Waals surface area contributed by atoms with E-state index >= 15 is 0 Å². The first-order chi connectivity index (χ1) is 8.99. The molecule has 0 aromatic carbocycles. The second-order valence-corrected chi connectivity index (χ2v) is 5.84. The van der Waals surface area contributed by atoms with E-state index in [1.165, 1.54) is 0 Å². The number of amides is 1. The van der Waals surface area contributed by atoms with Crippen LogP contribution in [0.3, 0.4) is 0 Å². The van der Waals surface area contributed by atoms with Crippen LogP contribution in [0.25, 0.3) is 0 Å². The lowest BCUT2D eigenvalue weighted by Crippen LogP contribution is -2.55. The van der Waals surface area contributed by atoms with Crippen LogP contribution >= 0.6 is 12.4 Å². The fourth-order valence-electron chi connectivity index (χ4n) is 2.65. The average molecular weight is 308 g/mol. The van der Waals surface area contributed by atoms with Crippen molar-refractivity contribution in [3.05, 3.63) is 0 Å². The van der Waals surface area contributed by atoms with Crippen molar-refractivity contribution in [2.24, 2.45) is 11.7 Å². The minimum Gasteiger partial charge on any atom is -0.395 e. The van der Waals surface area contributed by atoms with Gasteiger partial charge in [0.25, 0.3) is 0 Å². The van der Waals surface area contributed by atoms with Gasteiger partial charge in [0, 0.05) is 32.2 Å². The fourth-order valence-corrected chi connectivity index (χ4v) is 2.65. The number of halogens is 1. The van der Waals surface area contributed by atoms with E-state index in [0.717, 1.165) is 39.0 Å². The van der Waals surface area contributed by atoms with E-state index in [9.17, 15) is 9.90 Å². The van der Waals surface area contributed by atoms with Gasteiger partial charge in [-0.3, -0.25) is 9.69 Å². The van der Waals surface area contributed by atoms with Crippen LogP contribution in [0.1, 0.15) is 33.6 Å². The molecule has 2 atom stereocenters. The van der Waals surface area contributed by atoms with Gasteiger partial charge >= 0.3 is 0 Å². The smallest absolute Gasteiger partial charge is 0.239 e. The summed E-state index contributed by atoms with van der Waals surface area (Å²) in [5.41, 5.74) is 5.95. The van der Waals surface area contributed by atoms with Crippen molar-refractivity contribution in [2.75, 3.05) is 32.8 Å². The first-order valence-corrected chi connectivity index (χ1v) is 7.38. The molecule has 20 heavy (non-hydrogen) atoms. The molecule has 1 unspecified atom stereocenters. The SMILES string of the molecule is CCC(CO)N1CCN(C(=O)[C@@H](N)CC(C)C)CC1.Cl. The number of aliphatic hydroxyl groups is 1. The molecule has 1 rings (SSSR count). The zero-order valence-electron chi connectivity index (χ0n) is 12.9. The number of carbonyl (C=O) groups is 1. The molecule has 1 saturated heterocycles. The first kappa shape index (κ1) is 19.6. The van der Waals surface area contributed by atoms with Crippen molar-refractivity contribution in [2.45, 2.75) is 45.7 Å². The molecule has 0 bridgehead atoms. The van der Waals surface area contributed by atoms with E-state index in [0.29, 0.717) is 5.92 Å². The van der Waals surface area contributed by atoms with Crippen LogP contribution in [0.15, 0.2) is 0 Å². The number of hydrogen-bond donors (Lipinski definition) is 2. The van der Waals surface area contributed by atoms with Crippen molar-refractivity contribution in [3.63, 3.8) is 0 Å². The van der Waals surface area contributed by atoms with Gasteiger partial charge in [-0.15, -0.1) is 12.4 Å². The second kappa shape index (κ2) is 9.55. The summed E-state index contributed by atoms with van der Waals surface area (Å²) in [6.45, 7) is 9.55. The molecule has 1 aliphatic heterocycles. The standard InChI is InChI=1S/C14H29N3O2.ClH/c1-4-12(10-18)16-5-7-17(8-6-16)14(19)13(15)9-11(2)3;/h11-13,18H,4-10,15H2,1-3H3;1H/t12?,13-;/m0./s1.